The van der Waals surface area contributed by atoms with Gasteiger partial charge in [0.1, 0.15) is 6.07 Å². The van der Waals surface area contributed by atoms with Crippen molar-refractivity contribution in [3.8, 4) is 6.07 Å². The molecule has 4 heteroatoms. The maximum atomic E-state index is 8.68. The van der Waals surface area contributed by atoms with Crippen molar-refractivity contribution in [3.05, 3.63) is 27.2 Å². The van der Waals surface area contributed by atoms with Crippen molar-refractivity contribution in [3.63, 3.8) is 0 Å². The second-order valence-corrected chi connectivity index (χ2v) is 3.17. The summed E-state index contributed by atoms with van der Waals surface area (Å²) in [6.07, 6.45) is 0. The van der Waals surface area contributed by atoms with Gasteiger partial charge in [0.05, 0.1) is 21.3 Å². The van der Waals surface area contributed by atoms with Gasteiger partial charge in [-0.3, -0.25) is 0 Å². The highest BCUT2D eigenvalue weighted by atomic mass is 35.5. The van der Waals surface area contributed by atoms with Gasteiger partial charge in [-0.2, -0.15) is 5.26 Å². The lowest BCUT2D eigenvalue weighted by molar-refractivity contribution is 1.42. The molecule has 0 heterocycles. The van der Waals surface area contributed by atoms with Gasteiger partial charge in [0.25, 0.3) is 0 Å². The topological polar surface area (TPSA) is 49.8 Å². The Hall–Kier alpha value is -0.910. The lowest BCUT2D eigenvalue weighted by Crippen LogP contribution is -1.94. The molecule has 2 N–H and O–H groups in total. The van der Waals surface area contributed by atoms with Gasteiger partial charge in [0.15, 0.2) is 0 Å². The molecule has 12 heavy (non-hydrogen) atoms. The number of benzene rings is 1. The zero-order valence-electron chi connectivity index (χ0n) is 6.36. The van der Waals surface area contributed by atoms with Gasteiger partial charge in [-0.05, 0) is 18.6 Å². The summed E-state index contributed by atoms with van der Waals surface area (Å²) in [5, 5.41) is 9.42. The maximum Gasteiger partial charge on any atom is 0.103 e. The van der Waals surface area contributed by atoms with Crippen LogP contribution >= 0.6 is 23.2 Å². The third-order valence-electron chi connectivity index (χ3n) is 1.55. The van der Waals surface area contributed by atoms with Gasteiger partial charge in [0, 0.05) is 0 Å². The summed E-state index contributed by atoms with van der Waals surface area (Å²) >= 11 is 11.5. The number of halogens is 2. The van der Waals surface area contributed by atoms with Crippen LogP contribution in [0.4, 0.5) is 5.69 Å². The van der Waals surface area contributed by atoms with Crippen molar-refractivity contribution < 1.29 is 0 Å². The van der Waals surface area contributed by atoms with E-state index in [2.05, 4.69) is 0 Å². The van der Waals surface area contributed by atoms with Crippen molar-refractivity contribution >= 4 is 28.9 Å². The lowest BCUT2D eigenvalue weighted by Gasteiger charge is -2.05. The van der Waals surface area contributed by atoms with Crippen LogP contribution in [0.3, 0.4) is 0 Å². The number of aryl methyl sites for hydroxylation is 1. The molecule has 0 saturated carbocycles. The molecule has 0 atom stereocenters. The zero-order chi connectivity index (χ0) is 9.30. The molecule has 0 aliphatic rings. The van der Waals surface area contributed by atoms with E-state index in [1.807, 2.05) is 6.07 Å². The van der Waals surface area contributed by atoms with Crippen molar-refractivity contribution in [2.75, 3.05) is 5.73 Å². The van der Waals surface area contributed by atoms with Gasteiger partial charge in [0.2, 0.25) is 0 Å². The average Bonchev–Trinajstić information content (AvgIpc) is 2.02. The fourth-order valence-corrected chi connectivity index (χ4v) is 1.33. The van der Waals surface area contributed by atoms with E-state index in [0.717, 1.165) is 5.56 Å². The molecule has 0 radical (unpaired) electrons. The lowest BCUT2D eigenvalue weighted by atomic mass is 10.1. The van der Waals surface area contributed by atoms with Gasteiger partial charge >= 0.3 is 0 Å². The highest BCUT2D eigenvalue weighted by Crippen LogP contribution is 2.31. The number of hydrogen-bond donors (Lipinski definition) is 1. The van der Waals surface area contributed by atoms with Crippen LogP contribution in [0.2, 0.25) is 10.0 Å². The summed E-state index contributed by atoms with van der Waals surface area (Å²) in [6.45, 7) is 1.77. The molecule has 0 aliphatic heterocycles. The summed E-state index contributed by atoms with van der Waals surface area (Å²) in [5.74, 6) is 0. The highest BCUT2D eigenvalue weighted by molar-refractivity contribution is 6.36. The molecule has 0 fully saturated rings. The monoisotopic (exact) mass is 200 g/mol. The van der Waals surface area contributed by atoms with E-state index in [4.69, 9.17) is 34.2 Å². The second kappa shape index (κ2) is 3.22. The Bertz CT molecular complexity index is 340. The predicted octanol–water partition coefficient (Wildman–Crippen LogP) is 2.76. The third-order valence-corrected chi connectivity index (χ3v) is 2.35. The van der Waals surface area contributed by atoms with Crippen molar-refractivity contribution in [2.45, 2.75) is 6.92 Å². The molecule has 1 aromatic carbocycles. The number of hydrogen-bond acceptors (Lipinski definition) is 2. The Kier molecular flexibility index (Phi) is 2.46. The van der Waals surface area contributed by atoms with Crippen LogP contribution < -0.4 is 5.73 Å². The molecular weight excluding hydrogens is 195 g/mol. The summed E-state index contributed by atoms with van der Waals surface area (Å²) in [6, 6.07) is 3.54. The van der Waals surface area contributed by atoms with Crippen molar-refractivity contribution in [2.24, 2.45) is 0 Å². The molecular formula is C8H6Cl2N2. The second-order valence-electron chi connectivity index (χ2n) is 2.39. The highest BCUT2D eigenvalue weighted by Gasteiger charge is 2.10. The van der Waals surface area contributed by atoms with E-state index < -0.39 is 0 Å². The Morgan fingerprint density at radius 3 is 2.58 bits per heavy atom. The van der Waals surface area contributed by atoms with E-state index in [1.165, 1.54) is 0 Å². The van der Waals surface area contributed by atoms with Gasteiger partial charge in [-0.25, -0.2) is 0 Å². The molecule has 0 bridgehead atoms. The zero-order valence-corrected chi connectivity index (χ0v) is 7.87. The number of nitrogens with zero attached hydrogens (tertiary/aromatic N) is 1. The van der Waals surface area contributed by atoms with E-state index in [0.29, 0.717) is 10.0 Å². The van der Waals surface area contributed by atoms with E-state index in [9.17, 15) is 0 Å². The first-order valence-corrected chi connectivity index (χ1v) is 3.97. The first kappa shape index (κ1) is 9.18. The van der Waals surface area contributed by atoms with E-state index >= 15 is 0 Å². The average molecular weight is 201 g/mol. The molecule has 0 amide bonds. The van der Waals surface area contributed by atoms with Crippen LogP contribution in [0.5, 0.6) is 0 Å². The van der Waals surface area contributed by atoms with Crippen LogP contribution in [0.1, 0.15) is 11.1 Å². The number of nitriles is 1. The molecule has 1 aromatic rings. The summed E-state index contributed by atoms with van der Waals surface area (Å²) in [7, 11) is 0. The van der Waals surface area contributed by atoms with Gasteiger partial charge in [-0.15, -0.1) is 0 Å². The first-order chi connectivity index (χ1) is 5.57. The number of nitrogens with two attached hydrogens (primary N) is 1. The van der Waals surface area contributed by atoms with Gasteiger partial charge in [-0.1, -0.05) is 23.2 Å². The molecule has 0 aliphatic carbocycles. The molecule has 2 nitrogen and oxygen atoms in total. The van der Waals surface area contributed by atoms with Gasteiger partial charge < -0.3 is 5.73 Å². The Labute approximate surface area is 80.5 Å². The molecule has 0 unspecified atom stereocenters. The molecule has 62 valence electrons. The van der Waals surface area contributed by atoms with Crippen LogP contribution in [0.25, 0.3) is 0 Å². The molecule has 1 rings (SSSR count). The minimum Gasteiger partial charge on any atom is -0.396 e. The number of nitrogen functional groups attached to an aromatic ring is 1. The summed E-state index contributed by atoms with van der Waals surface area (Å²) < 4.78 is 0. The van der Waals surface area contributed by atoms with Crippen LogP contribution in [-0.4, -0.2) is 0 Å². The minimum atomic E-state index is 0.245. The fourth-order valence-electron chi connectivity index (χ4n) is 0.875. The molecule has 0 spiro atoms. The fraction of sp³-hybridized carbons (Fsp3) is 0.125. The van der Waals surface area contributed by atoms with Crippen LogP contribution in [0.15, 0.2) is 6.07 Å². The Balaban J connectivity index is 3.56. The van der Waals surface area contributed by atoms with E-state index in [-0.39, 0.29) is 11.3 Å². The Morgan fingerprint density at radius 2 is 2.08 bits per heavy atom. The molecule has 0 saturated heterocycles. The van der Waals surface area contributed by atoms with Crippen molar-refractivity contribution in [1.29, 1.82) is 5.26 Å². The predicted molar refractivity (Wildman–Crippen MR) is 50.3 cm³/mol. The Morgan fingerprint density at radius 1 is 1.50 bits per heavy atom. The summed E-state index contributed by atoms with van der Waals surface area (Å²) in [4.78, 5) is 0. The summed E-state index contributed by atoms with van der Waals surface area (Å²) in [5.41, 5.74) is 6.78. The number of rotatable bonds is 0. The minimum absolute atomic E-state index is 0.245. The van der Waals surface area contributed by atoms with Crippen LogP contribution in [-0.2, 0) is 0 Å². The maximum absolute atomic E-state index is 8.68. The normalized spacial score (nSPS) is 9.50. The smallest absolute Gasteiger partial charge is 0.103 e. The SMILES string of the molecule is Cc1cc(Cl)c(N)c(C#N)c1Cl. The van der Waals surface area contributed by atoms with Crippen LogP contribution in [0, 0.1) is 18.3 Å². The largest absolute Gasteiger partial charge is 0.396 e. The standard InChI is InChI=1S/C8H6Cl2N2/c1-4-2-6(9)8(12)5(3-11)7(4)10/h2H,12H2,1H3. The quantitative estimate of drug-likeness (QED) is 0.656. The van der Waals surface area contributed by atoms with E-state index in [1.54, 1.807) is 13.0 Å². The first-order valence-electron chi connectivity index (χ1n) is 3.22. The van der Waals surface area contributed by atoms with Crippen molar-refractivity contribution in [1.82, 2.24) is 0 Å². The molecule has 0 aromatic heterocycles. The third kappa shape index (κ3) is 1.34. The number of anilines is 1.